The molecule has 118 valence electrons. The molecule has 0 unspecified atom stereocenters. The first kappa shape index (κ1) is 16.0. The van der Waals surface area contributed by atoms with E-state index in [0.717, 1.165) is 36.9 Å². The first-order chi connectivity index (χ1) is 9.92. The largest absolute Gasteiger partial charge is 0.396 e. The van der Waals surface area contributed by atoms with E-state index in [-0.39, 0.29) is 23.3 Å². The second-order valence-corrected chi connectivity index (χ2v) is 6.20. The van der Waals surface area contributed by atoms with Crippen molar-refractivity contribution in [2.24, 2.45) is 19.5 Å². The quantitative estimate of drug-likeness (QED) is 0.853. The molecule has 0 atom stereocenters. The third-order valence-corrected chi connectivity index (χ3v) is 4.91. The predicted molar refractivity (Wildman–Crippen MR) is 81.2 cm³/mol. The van der Waals surface area contributed by atoms with Crippen LogP contribution in [0.3, 0.4) is 0 Å². The second-order valence-electron chi connectivity index (χ2n) is 6.20. The van der Waals surface area contributed by atoms with Crippen molar-refractivity contribution in [1.29, 1.82) is 0 Å². The van der Waals surface area contributed by atoms with Gasteiger partial charge in [-0.25, -0.2) is 4.79 Å². The lowest BCUT2D eigenvalue weighted by Crippen LogP contribution is -2.44. The fourth-order valence-corrected chi connectivity index (χ4v) is 3.04. The van der Waals surface area contributed by atoms with Crippen molar-refractivity contribution in [1.82, 2.24) is 14.0 Å². The standard InChI is InChI=1S/C15H25N3O3/c1-4-15(11-19)5-7-18(8-6-15)10-12-9-16(2)14(21)17(3)13(12)20/h9,19H,4-8,10-11H2,1-3H3. The average Bonchev–Trinajstić information content (AvgIpc) is 2.51. The van der Waals surface area contributed by atoms with Gasteiger partial charge in [0.2, 0.25) is 0 Å². The fourth-order valence-electron chi connectivity index (χ4n) is 3.04. The van der Waals surface area contributed by atoms with Crippen LogP contribution in [0.1, 0.15) is 31.7 Å². The van der Waals surface area contributed by atoms with Gasteiger partial charge in [0.05, 0.1) is 0 Å². The van der Waals surface area contributed by atoms with Crippen LogP contribution in [0.4, 0.5) is 0 Å². The Hall–Kier alpha value is -1.40. The van der Waals surface area contributed by atoms with Gasteiger partial charge in [0.25, 0.3) is 5.56 Å². The van der Waals surface area contributed by atoms with E-state index in [4.69, 9.17) is 0 Å². The van der Waals surface area contributed by atoms with E-state index in [9.17, 15) is 14.7 Å². The first-order valence-corrected chi connectivity index (χ1v) is 7.51. The number of hydrogen-bond acceptors (Lipinski definition) is 4. The highest BCUT2D eigenvalue weighted by Crippen LogP contribution is 2.34. The van der Waals surface area contributed by atoms with Crippen LogP contribution in [0.25, 0.3) is 0 Å². The van der Waals surface area contributed by atoms with Crippen LogP contribution in [-0.4, -0.2) is 38.8 Å². The molecule has 0 radical (unpaired) electrons. The molecule has 1 aromatic rings. The Labute approximate surface area is 124 Å². The summed E-state index contributed by atoms with van der Waals surface area (Å²) in [6.45, 7) is 4.67. The number of likely N-dealkylation sites (tertiary alicyclic amines) is 1. The smallest absolute Gasteiger partial charge is 0.330 e. The molecule has 2 rings (SSSR count). The highest BCUT2D eigenvalue weighted by Gasteiger charge is 2.32. The topological polar surface area (TPSA) is 67.5 Å². The number of aromatic nitrogens is 2. The van der Waals surface area contributed by atoms with Crippen molar-refractivity contribution in [3.8, 4) is 0 Å². The van der Waals surface area contributed by atoms with E-state index >= 15 is 0 Å². The van der Waals surface area contributed by atoms with Gasteiger partial charge in [-0.05, 0) is 37.8 Å². The number of rotatable bonds is 4. The summed E-state index contributed by atoms with van der Waals surface area (Å²) in [4.78, 5) is 26.0. The molecule has 1 aliphatic rings. The zero-order valence-corrected chi connectivity index (χ0v) is 13.1. The van der Waals surface area contributed by atoms with Crippen LogP contribution in [0.2, 0.25) is 0 Å². The SMILES string of the molecule is CCC1(CO)CCN(Cc2cn(C)c(=O)n(C)c2=O)CC1. The molecule has 21 heavy (non-hydrogen) atoms. The number of aryl methyl sites for hydroxylation is 1. The van der Waals surface area contributed by atoms with E-state index in [2.05, 4.69) is 11.8 Å². The van der Waals surface area contributed by atoms with Gasteiger partial charge >= 0.3 is 5.69 Å². The van der Waals surface area contributed by atoms with Crippen molar-refractivity contribution in [3.63, 3.8) is 0 Å². The van der Waals surface area contributed by atoms with Gasteiger partial charge in [-0.1, -0.05) is 6.92 Å². The maximum Gasteiger partial charge on any atom is 0.330 e. The lowest BCUT2D eigenvalue weighted by Gasteiger charge is -2.40. The highest BCUT2D eigenvalue weighted by molar-refractivity contribution is 5.06. The minimum absolute atomic E-state index is 0.0466. The average molecular weight is 295 g/mol. The van der Waals surface area contributed by atoms with Gasteiger partial charge < -0.3 is 9.67 Å². The van der Waals surface area contributed by atoms with Crippen molar-refractivity contribution >= 4 is 0 Å². The van der Waals surface area contributed by atoms with Crippen LogP contribution in [0, 0.1) is 5.41 Å². The Kier molecular flexibility index (Phi) is 4.68. The summed E-state index contributed by atoms with van der Waals surface area (Å²) < 4.78 is 2.61. The molecule has 0 spiro atoms. The molecule has 0 aliphatic carbocycles. The molecule has 1 aliphatic heterocycles. The van der Waals surface area contributed by atoms with Gasteiger partial charge in [0.15, 0.2) is 0 Å². The van der Waals surface area contributed by atoms with Crippen molar-refractivity contribution in [3.05, 3.63) is 32.6 Å². The molecule has 6 heteroatoms. The summed E-state index contributed by atoms with van der Waals surface area (Å²) in [6, 6.07) is 0. The van der Waals surface area contributed by atoms with Gasteiger partial charge in [-0.3, -0.25) is 14.3 Å². The monoisotopic (exact) mass is 295 g/mol. The molecule has 0 aromatic carbocycles. The van der Waals surface area contributed by atoms with Crippen LogP contribution < -0.4 is 11.2 Å². The molecule has 0 saturated carbocycles. The Morgan fingerprint density at radius 2 is 1.86 bits per heavy atom. The maximum atomic E-state index is 12.1. The minimum atomic E-state index is -0.298. The van der Waals surface area contributed by atoms with Gasteiger partial charge in [0.1, 0.15) is 0 Å². The molecular formula is C15H25N3O3. The minimum Gasteiger partial charge on any atom is -0.396 e. The van der Waals surface area contributed by atoms with Crippen molar-refractivity contribution in [2.75, 3.05) is 19.7 Å². The second kappa shape index (κ2) is 6.15. The summed E-state index contributed by atoms with van der Waals surface area (Å²) in [6.07, 6.45) is 4.52. The molecule has 1 fully saturated rings. The maximum absolute atomic E-state index is 12.1. The van der Waals surface area contributed by atoms with E-state index in [1.165, 1.54) is 11.6 Å². The zero-order chi connectivity index (χ0) is 15.6. The Morgan fingerprint density at radius 1 is 1.24 bits per heavy atom. The summed E-state index contributed by atoms with van der Waals surface area (Å²) in [5, 5.41) is 9.56. The number of hydrogen-bond donors (Lipinski definition) is 1. The number of piperidine rings is 1. The molecule has 6 nitrogen and oxygen atoms in total. The number of aliphatic hydroxyl groups is 1. The molecule has 1 N–H and O–H groups in total. The van der Waals surface area contributed by atoms with Crippen molar-refractivity contribution < 1.29 is 5.11 Å². The molecule has 1 aromatic heterocycles. The summed E-state index contributed by atoms with van der Waals surface area (Å²) in [7, 11) is 3.17. The molecule has 1 saturated heterocycles. The molecule has 0 bridgehead atoms. The van der Waals surface area contributed by atoms with Crippen LogP contribution in [0.5, 0.6) is 0 Å². The van der Waals surface area contributed by atoms with Gasteiger partial charge in [-0.2, -0.15) is 0 Å². The summed E-state index contributed by atoms with van der Waals surface area (Å²) >= 11 is 0. The predicted octanol–water partition coefficient (Wildman–Crippen LogP) is 0.0685. The van der Waals surface area contributed by atoms with Crippen LogP contribution in [-0.2, 0) is 20.6 Å². The highest BCUT2D eigenvalue weighted by atomic mass is 16.3. The van der Waals surface area contributed by atoms with E-state index in [0.29, 0.717) is 12.1 Å². The summed E-state index contributed by atoms with van der Waals surface area (Å²) in [5.41, 5.74) is 0.179. The Morgan fingerprint density at radius 3 is 2.38 bits per heavy atom. The lowest BCUT2D eigenvalue weighted by molar-refractivity contribution is 0.0380. The lowest BCUT2D eigenvalue weighted by atomic mass is 9.77. The number of aliphatic hydroxyl groups excluding tert-OH is 1. The third-order valence-electron chi connectivity index (χ3n) is 4.91. The molecule has 0 amide bonds. The van der Waals surface area contributed by atoms with E-state index < -0.39 is 0 Å². The number of nitrogens with zero attached hydrogens (tertiary/aromatic N) is 3. The van der Waals surface area contributed by atoms with E-state index in [1.807, 2.05) is 0 Å². The third kappa shape index (κ3) is 3.11. The normalized spacial score (nSPS) is 18.9. The van der Waals surface area contributed by atoms with Crippen LogP contribution >= 0.6 is 0 Å². The fraction of sp³-hybridized carbons (Fsp3) is 0.733. The molecule has 2 heterocycles. The van der Waals surface area contributed by atoms with E-state index in [1.54, 1.807) is 13.2 Å². The van der Waals surface area contributed by atoms with Crippen LogP contribution in [0.15, 0.2) is 15.8 Å². The van der Waals surface area contributed by atoms with Gasteiger partial charge in [-0.15, -0.1) is 0 Å². The zero-order valence-electron chi connectivity index (χ0n) is 13.1. The Bertz CT molecular complexity index is 604. The van der Waals surface area contributed by atoms with Crippen molar-refractivity contribution in [2.45, 2.75) is 32.7 Å². The summed E-state index contributed by atoms with van der Waals surface area (Å²) in [5.74, 6) is 0. The molecular weight excluding hydrogens is 270 g/mol. The first-order valence-electron chi connectivity index (χ1n) is 7.51. The van der Waals surface area contributed by atoms with Gasteiger partial charge in [0, 0.05) is 39.0 Å². The Balaban J connectivity index is 2.12.